The van der Waals surface area contributed by atoms with Gasteiger partial charge in [-0.2, -0.15) is 5.10 Å². The number of piperidine rings is 1. The minimum absolute atomic E-state index is 0.0947. The lowest BCUT2D eigenvalue weighted by Gasteiger charge is -2.32. The average molecular weight is 259 g/mol. The lowest BCUT2D eigenvalue weighted by Crippen LogP contribution is -2.41. The molecule has 0 aromatic carbocycles. The molecule has 3 rings (SSSR count). The molecule has 1 atom stereocenters. The lowest BCUT2D eigenvalue weighted by molar-refractivity contribution is 0.0663. The van der Waals surface area contributed by atoms with Gasteiger partial charge in [0, 0.05) is 26.3 Å². The third-order valence-corrected chi connectivity index (χ3v) is 3.66. The maximum Gasteiger partial charge on any atom is 0.270 e. The number of carbonyl (C=O) groups is 1. The summed E-state index contributed by atoms with van der Waals surface area (Å²) < 4.78 is 3.71. The minimum atomic E-state index is 0.0947. The largest absolute Gasteiger partial charge is 0.347 e. The van der Waals surface area contributed by atoms with E-state index in [-0.39, 0.29) is 11.9 Å². The molecule has 1 unspecified atom stereocenters. The molecule has 1 amide bonds. The maximum atomic E-state index is 12.5. The summed E-state index contributed by atoms with van der Waals surface area (Å²) in [5, 5.41) is 4.18. The third-order valence-electron chi connectivity index (χ3n) is 3.66. The third kappa shape index (κ3) is 2.25. The molecule has 1 saturated heterocycles. The zero-order chi connectivity index (χ0) is 13.2. The molecule has 100 valence electrons. The highest BCUT2D eigenvalue weighted by molar-refractivity contribution is 5.92. The Balaban J connectivity index is 1.75. The van der Waals surface area contributed by atoms with Crippen molar-refractivity contribution in [1.29, 1.82) is 0 Å². The van der Waals surface area contributed by atoms with Gasteiger partial charge in [-0.05, 0) is 25.0 Å². The van der Waals surface area contributed by atoms with Gasteiger partial charge in [-0.3, -0.25) is 4.79 Å². The van der Waals surface area contributed by atoms with E-state index in [4.69, 9.17) is 0 Å². The fourth-order valence-corrected chi connectivity index (χ4v) is 2.61. The van der Waals surface area contributed by atoms with Crippen molar-refractivity contribution < 1.29 is 4.79 Å². The van der Waals surface area contributed by atoms with Crippen molar-refractivity contribution in [3.63, 3.8) is 0 Å². The zero-order valence-corrected chi connectivity index (χ0v) is 10.9. The average Bonchev–Trinajstić information content (AvgIpc) is 3.09. The van der Waals surface area contributed by atoms with Crippen LogP contribution in [0, 0.1) is 0 Å². The second kappa shape index (κ2) is 4.87. The van der Waals surface area contributed by atoms with E-state index in [1.165, 1.54) is 6.33 Å². The summed E-state index contributed by atoms with van der Waals surface area (Å²) in [6.45, 7) is 1.52. The molecule has 6 nitrogen and oxygen atoms in total. The first kappa shape index (κ1) is 12.0. The number of aromatic nitrogens is 4. The van der Waals surface area contributed by atoms with Gasteiger partial charge in [-0.25, -0.2) is 9.67 Å². The molecular formula is C13H17N5O. The SMILES string of the molecule is Cn1cccc1C(=O)N1CCCC(n2cncn2)C1. The normalized spacial score (nSPS) is 19.6. The smallest absolute Gasteiger partial charge is 0.270 e. The van der Waals surface area contributed by atoms with Gasteiger partial charge in [0.15, 0.2) is 0 Å². The molecule has 2 aromatic heterocycles. The van der Waals surface area contributed by atoms with Gasteiger partial charge in [-0.1, -0.05) is 0 Å². The van der Waals surface area contributed by atoms with Crippen LogP contribution in [0.2, 0.25) is 0 Å². The van der Waals surface area contributed by atoms with Gasteiger partial charge in [0.05, 0.1) is 6.04 Å². The Kier molecular flexibility index (Phi) is 3.06. The molecule has 0 saturated carbocycles. The second-order valence-corrected chi connectivity index (χ2v) is 4.93. The molecule has 3 heterocycles. The van der Waals surface area contributed by atoms with Gasteiger partial charge in [0.1, 0.15) is 18.3 Å². The van der Waals surface area contributed by atoms with E-state index in [9.17, 15) is 4.79 Å². The summed E-state index contributed by atoms with van der Waals surface area (Å²) in [7, 11) is 1.89. The van der Waals surface area contributed by atoms with Gasteiger partial charge in [0.2, 0.25) is 0 Å². The minimum Gasteiger partial charge on any atom is -0.347 e. The van der Waals surface area contributed by atoms with Crippen LogP contribution in [-0.2, 0) is 7.05 Å². The molecule has 0 spiro atoms. The first-order valence-corrected chi connectivity index (χ1v) is 6.50. The van der Waals surface area contributed by atoms with Crippen LogP contribution in [0.4, 0.5) is 0 Å². The maximum absolute atomic E-state index is 12.5. The standard InChI is InChI=1S/C13H17N5O/c1-16-6-3-5-12(16)13(19)17-7-2-4-11(8-17)18-10-14-9-15-18/h3,5-6,9-11H,2,4,7-8H2,1H3. The van der Waals surface area contributed by atoms with Gasteiger partial charge in [-0.15, -0.1) is 0 Å². The fourth-order valence-electron chi connectivity index (χ4n) is 2.61. The first-order valence-electron chi connectivity index (χ1n) is 6.50. The van der Waals surface area contributed by atoms with Crippen LogP contribution in [0.1, 0.15) is 29.4 Å². The molecule has 0 aliphatic carbocycles. The van der Waals surface area contributed by atoms with Gasteiger partial charge >= 0.3 is 0 Å². The number of rotatable bonds is 2. The van der Waals surface area contributed by atoms with E-state index in [1.54, 1.807) is 6.33 Å². The first-order chi connectivity index (χ1) is 9.25. The Morgan fingerprint density at radius 2 is 2.37 bits per heavy atom. The quantitative estimate of drug-likeness (QED) is 0.811. The Labute approximate surface area is 111 Å². The van der Waals surface area contributed by atoms with Crippen molar-refractivity contribution in [2.75, 3.05) is 13.1 Å². The molecule has 19 heavy (non-hydrogen) atoms. The lowest BCUT2D eigenvalue weighted by atomic mass is 10.1. The molecule has 0 radical (unpaired) electrons. The van der Waals surface area contributed by atoms with E-state index in [0.29, 0.717) is 6.54 Å². The number of carbonyl (C=O) groups excluding carboxylic acids is 1. The topological polar surface area (TPSA) is 56.0 Å². The Morgan fingerprint density at radius 1 is 1.47 bits per heavy atom. The molecule has 1 fully saturated rings. The van der Waals surface area contributed by atoms with Crippen LogP contribution in [-0.4, -0.2) is 43.2 Å². The number of nitrogens with zero attached hydrogens (tertiary/aromatic N) is 5. The van der Waals surface area contributed by atoms with Crippen molar-refractivity contribution in [1.82, 2.24) is 24.2 Å². The Hall–Kier alpha value is -2.11. The summed E-state index contributed by atoms with van der Waals surface area (Å²) in [5.74, 6) is 0.0947. The van der Waals surface area contributed by atoms with Crippen LogP contribution in [0.5, 0.6) is 0 Å². The van der Waals surface area contributed by atoms with Crippen molar-refractivity contribution >= 4 is 5.91 Å². The molecule has 2 aromatic rings. The van der Waals surface area contributed by atoms with E-state index >= 15 is 0 Å². The molecule has 0 N–H and O–H groups in total. The molecule has 6 heteroatoms. The van der Waals surface area contributed by atoms with E-state index < -0.39 is 0 Å². The van der Waals surface area contributed by atoms with Gasteiger partial charge < -0.3 is 9.47 Å². The molecule has 1 aliphatic heterocycles. The second-order valence-electron chi connectivity index (χ2n) is 4.93. The number of hydrogen-bond acceptors (Lipinski definition) is 3. The van der Waals surface area contributed by atoms with Crippen LogP contribution in [0.3, 0.4) is 0 Å². The summed E-state index contributed by atoms with van der Waals surface area (Å²) in [4.78, 5) is 18.3. The summed E-state index contributed by atoms with van der Waals surface area (Å²) in [5.41, 5.74) is 0.735. The highest BCUT2D eigenvalue weighted by Gasteiger charge is 2.26. The van der Waals surface area contributed by atoms with Crippen molar-refractivity contribution in [3.05, 3.63) is 36.7 Å². The molecular weight excluding hydrogens is 242 g/mol. The zero-order valence-electron chi connectivity index (χ0n) is 10.9. The van der Waals surface area contributed by atoms with Crippen molar-refractivity contribution in [2.45, 2.75) is 18.9 Å². The molecule has 0 bridgehead atoms. The monoisotopic (exact) mass is 259 g/mol. The van der Waals surface area contributed by atoms with Crippen molar-refractivity contribution in [2.24, 2.45) is 7.05 Å². The summed E-state index contributed by atoms with van der Waals surface area (Å²) in [6, 6.07) is 3.99. The van der Waals surface area contributed by atoms with E-state index in [0.717, 1.165) is 25.1 Å². The predicted octanol–water partition coefficient (Wildman–Crippen LogP) is 1.09. The van der Waals surface area contributed by atoms with Crippen LogP contribution >= 0.6 is 0 Å². The molecule has 1 aliphatic rings. The Bertz CT molecular complexity index is 559. The van der Waals surface area contributed by atoms with Crippen LogP contribution in [0.15, 0.2) is 31.0 Å². The van der Waals surface area contributed by atoms with Gasteiger partial charge in [0.25, 0.3) is 5.91 Å². The fraction of sp³-hybridized carbons (Fsp3) is 0.462. The predicted molar refractivity (Wildman–Crippen MR) is 69.6 cm³/mol. The van der Waals surface area contributed by atoms with Crippen molar-refractivity contribution in [3.8, 4) is 0 Å². The van der Waals surface area contributed by atoms with E-state index in [1.807, 2.05) is 39.5 Å². The number of likely N-dealkylation sites (tertiary alicyclic amines) is 1. The Morgan fingerprint density at radius 3 is 3.05 bits per heavy atom. The van der Waals surface area contributed by atoms with Crippen LogP contribution < -0.4 is 0 Å². The highest BCUT2D eigenvalue weighted by Crippen LogP contribution is 2.21. The summed E-state index contributed by atoms with van der Waals surface area (Å²) in [6.07, 6.45) is 7.20. The number of aryl methyl sites for hydroxylation is 1. The van der Waals surface area contributed by atoms with Crippen LogP contribution in [0.25, 0.3) is 0 Å². The van der Waals surface area contributed by atoms with E-state index in [2.05, 4.69) is 10.1 Å². The number of amides is 1. The summed E-state index contributed by atoms with van der Waals surface area (Å²) >= 11 is 0. The highest BCUT2D eigenvalue weighted by atomic mass is 16.2. The number of hydrogen-bond donors (Lipinski definition) is 0.